The summed E-state index contributed by atoms with van der Waals surface area (Å²) in [5.41, 5.74) is 6.58. The Labute approximate surface area is 241 Å². The maximum Gasteiger partial charge on any atom is 0.409 e. The number of benzene rings is 4. The molecule has 1 aliphatic heterocycles. The Hall–Kier alpha value is -4.58. The fraction of sp³-hybridized carbons (Fsp3) is 0.257. The van der Waals surface area contributed by atoms with Crippen LogP contribution in [0, 0.1) is 0 Å². The standard InChI is InChI=1S/C35H35N3O3/c1-2-40-35(39)37-21-19-29(20-22-37)33-32(24-27-17-18-28-13-9-10-16-31(28)23-27)38(41-25-26-11-5-3-6-12-26)36-34(33)30-14-7-4-8-15-30/h3-18,23,29H,2,19-22,24-25H2,1H3. The predicted molar refractivity (Wildman–Crippen MR) is 162 cm³/mol. The highest BCUT2D eigenvalue weighted by Crippen LogP contribution is 2.38. The monoisotopic (exact) mass is 545 g/mol. The molecule has 6 nitrogen and oxygen atoms in total. The SMILES string of the molecule is CCOC(=O)N1CCC(c2c(-c3ccccc3)nn(OCc3ccccc3)c2Cc2ccc3ccccc3c2)CC1. The van der Waals surface area contributed by atoms with Gasteiger partial charge < -0.3 is 14.5 Å². The van der Waals surface area contributed by atoms with Gasteiger partial charge in [0.2, 0.25) is 0 Å². The number of likely N-dealkylation sites (tertiary alicyclic amines) is 1. The molecule has 1 fully saturated rings. The molecule has 208 valence electrons. The van der Waals surface area contributed by atoms with Crippen LogP contribution in [0.2, 0.25) is 0 Å². The van der Waals surface area contributed by atoms with Gasteiger partial charge in [-0.05, 0) is 47.6 Å². The van der Waals surface area contributed by atoms with Gasteiger partial charge in [0, 0.05) is 30.6 Å². The highest BCUT2D eigenvalue weighted by Gasteiger charge is 2.31. The van der Waals surface area contributed by atoms with Crippen molar-refractivity contribution in [1.82, 2.24) is 14.8 Å². The molecular weight excluding hydrogens is 510 g/mol. The van der Waals surface area contributed by atoms with E-state index in [2.05, 4.69) is 78.9 Å². The van der Waals surface area contributed by atoms with E-state index < -0.39 is 0 Å². The quantitative estimate of drug-likeness (QED) is 0.206. The second-order valence-electron chi connectivity index (χ2n) is 10.5. The molecule has 0 atom stereocenters. The number of rotatable bonds is 8. The average Bonchev–Trinajstić information content (AvgIpc) is 3.39. The molecule has 1 aromatic heterocycles. The highest BCUT2D eigenvalue weighted by molar-refractivity contribution is 5.83. The van der Waals surface area contributed by atoms with Gasteiger partial charge in [0.1, 0.15) is 6.61 Å². The van der Waals surface area contributed by atoms with Crippen molar-refractivity contribution in [3.63, 3.8) is 0 Å². The van der Waals surface area contributed by atoms with Gasteiger partial charge in [-0.1, -0.05) is 103 Å². The van der Waals surface area contributed by atoms with Crippen LogP contribution >= 0.6 is 0 Å². The van der Waals surface area contributed by atoms with Crippen molar-refractivity contribution < 1.29 is 14.4 Å². The summed E-state index contributed by atoms with van der Waals surface area (Å²) in [6.07, 6.45) is 2.14. The number of carbonyl (C=O) groups excluding carboxylic acids is 1. The van der Waals surface area contributed by atoms with E-state index in [4.69, 9.17) is 14.7 Å². The molecule has 1 saturated heterocycles. The van der Waals surface area contributed by atoms with E-state index in [1.54, 1.807) is 4.85 Å². The molecule has 0 saturated carbocycles. The van der Waals surface area contributed by atoms with Crippen LogP contribution in [-0.2, 0) is 17.8 Å². The van der Waals surface area contributed by atoms with Crippen LogP contribution in [0.15, 0.2) is 103 Å². The van der Waals surface area contributed by atoms with Crippen LogP contribution in [0.1, 0.15) is 48.1 Å². The van der Waals surface area contributed by atoms with E-state index in [0.29, 0.717) is 32.7 Å². The lowest BCUT2D eigenvalue weighted by molar-refractivity contribution is 0.0644. The van der Waals surface area contributed by atoms with E-state index in [1.807, 2.05) is 36.1 Å². The average molecular weight is 546 g/mol. The normalized spacial score (nSPS) is 13.8. The predicted octanol–water partition coefficient (Wildman–Crippen LogP) is 7.26. The van der Waals surface area contributed by atoms with E-state index >= 15 is 0 Å². The van der Waals surface area contributed by atoms with Crippen LogP contribution < -0.4 is 4.84 Å². The number of nitrogens with zero attached hydrogens (tertiary/aromatic N) is 3. The first-order valence-corrected chi connectivity index (χ1v) is 14.4. The lowest BCUT2D eigenvalue weighted by atomic mass is 9.85. The molecule has 0 radical (unpaired) electrons. The maximum absolute atomic E-state index is 12.4. The largest absolute Gasteiger partial charge is 0.450 e. The minimum absolute atomic E-state index is 0.229. The number of hydrogen-bond acceptors (Lipinski definition) is 4. The molecule has 0 bridgehead atoms. The fourth-order valence-corrected chi connectivity index (χ4v) is 5.77. The highest BCUT2D eigenvalue weighted by atomic mass is 16.7. The van der Waals surface area contributed by atoms with Crippen molar-refractivity contribution in [1.29, 1.82) is 0 Å². The van der Waals surface area contributed by atoms with Crippen molar-refractivity contribution in [3.8, 4) is 11.3 Å². The molecule has 0 unspecified atom stereocenters. The number of amides is 1. The summed E-state index contributed by atoms with van der Waals surface area (Å²) in [6, 6.07) is 35.6. The Kier molecular flexibility index (Phi) is 7.99. The Morgan fingerprint density at radius 1 is 0.829 bits per heavy atom. The van der Waals surface area contributed by atoms with Crippen molar-refractivity contribution in [2.24, 2.45) is 0 Å². The van der Waals surface area contributed by atoms with Gasteiger partial charge >= 0.3 is 6.09 Å². The van der Waals surface area contributed by atoms with E-state index in [0.717, 1.165) is 35.4 Å². The van der Waals surface area contributed by atoms with Crippen LogP contribution in [0.25, 0.3) is 22.0 Å². The van der Waals surface area contributed by atoms with Gasteiger partial charge in [-0.2, -0.15) is 0 Å². The lowest BCUT2D eigenvalue weighted by Crippen LogP contribution is -2.38. The van der Waals surface area contributed by atoms with Crippen molar-refractivity contribution in [2.45, 2.75) is 38.7 Å². The zero-order valence-corrected chi connectivity index (χ0v) is 23.4. The number of hydrogen-bond donors (Lipinski definition) is 0. The molecule has 1 aliphatic rings. The van der Waals surface area contributed by atoms with Crippen LogP contribution in [-0.4, -0.2) is 40.6 Å². The molecule has 6 heteroatoms. The minimum atomic E-state index is -0.229. The van der Waals surface area contributed by atoms with Crippen molar-refractivity contribution in [2.75, 3.05) is 19.7 Å². The Balaban J connectivity index is 1.41. The summed E-state index contributed by atoms with van der Waals surface area (Å²) in [5.74, 6) is 0.236. The summed E-state index contributed by atoms with van der Waals surface area (Å²) in [4.78, 5) is 22.4. The van der Waals surface area contributed by atoms with Gasteiger partial charge in [-0.3, -0.25) is 0 Å². The smallest absolute Gasteiger partial charge is 0.409 e. The van der Waals surface area contributed by atoms with E-state index in [1.165, 1.54) is 21.9 Å². The van der Waals surface area contributed by atoms with Gasteiger partial charge in [0.25, 0.3) is 0 Å². The number of piperidine rings is 1. The summed E-state index contributed by atoms with van der Waals surface area (Å²) in [6.45, 7) is 3.96. The number of aromatic nitrogens is 2. The number of ether oxygens (including phenoxy) is 1. The molecule has 0 N–H and O–H groups in total. The third-order valence-electron chi connectivity index (χ3n) is 7.85. The third-order valence-corrected chi connectivity index (χ3v) is 7.85. The molecule has 0 aliphatic carbocycles. The van der Waals surface area contributed by atoms with E-state index in [9.17, 15) is 4.79 Å². The lowest BCUT2D eigenvalue weighted by Gasteiger charge is -2.32. The second-order valence-corrected chi connectivity index (χ2v) is 10.5. The van der Waals surface area contributed by atoms with Crippen molar-refractivity contribution >= 4 is 16.9 Å². The number of carbonyl (C=O) groups is 1. The Bertz CT molecular complexity index is 1610. The number of fused-ring (bicyclic) bond motifs is 1. The molecular formula is C35H35N3O3. The molecule has 2 heterocycles. The first kappa shape index (κ1) is 26.6. The zero-order chi connectivity index (χ0) is 28.0. The minimum Gasteiger partial charge on any atom is -0.450 e. The van der Waals surface area contributed by atoms with Crippen LogP contribution in [0.3, 0.4) is 0 Å². The summed E-state index contributed by atoms with van der Waals surface area (Å²) < 4.78 is 5.28. The fourth-order valence-electron chi connectivity index (χ4n) is 5.77. The summed E-state index contributed by atoms with van der Waals surface area (Å²) in [5, 5.41) is 7.54. The van der Waals surface area contributed by atoms with Gasteiger partial charge in [0.05, 0.1) is 18.0 Å². The first-order valence-electron chi connectivity index (χ1n) is 14.4. The molecule has 1 amide bonds. The van der Waals surface area contributed by atoms with Gasteiger partial charge in [0.15, 0.2) is 0 Å². The molecule has 0 spiro atoms. The van der Waals surface area contributed by atoms with E-state index in [-0.39, 0.29) is 12.0 Å². The van der Waals surface area contributed by atoms with Gasteiger partial charge in [-0.15, -0.1) is 9.94 Å². The first-order chi connectivity index (χ1) is 20.2. The maximum atomic E-state index is 12.4. The summed E-state index contributed by atoms with van der Waals surface area (Å²) >= 11 is 0. The Morgan fingerprint density at radius 2 is 1.51 bits per heavy atom. The Morgan fingerprint density at radius 3 is 2.24 bits per heavy atom. The topological polar surface area (TPSA) is 56.6 Å². The van der Waals surface area contributed by atoms with Gasteiger partial charge in [-0.25, -0.2) is 4.79 Å². The second kappa shape index (κ2) is 12.3. The van der Waals surface area contributed by atoms with Crippen LogP contribution in [0.4, 0.5) is 4.79 Å². The molecule has 4 aromatic carbocycles. The molecule has 6 rings (SSSR count). The summed E-state index contributed by atoms with van der Waals surface area (Å²) in [7, 11) is 0. The van der Waals surface area contributed by atoms with Crippen LogP contribution in [0.5, 0.6) is 0 Å². The zero-order valence-electron chi connectivity index (χ0n) is 23.4. The third kappa shape index (κ3) is 5.97. The van der Waals surface area contributed by atoms with Crippen molar-refractivity contribution in [3.05, 3.63) is 126 Å². The molecule has 41 heavy (non-hydrogen) atoms. The molecule has 5 aromatic rings.